The SMILES string of the molecule is CC(C)(CCCCO)c1ccc2c(c1)C(=O)c1ccc(C(C)(C)CCCCO)cc1C2=O. The van der Waals surface area contributed by atoms with Gasteiger partial charge in [-0.25, -0.2) is 0 Å². The van der Waals surface area contributed by atoms with Crippen LogP contribution >= 0.6 is 0 Å². The number of carbonyl (C=O) groups excluding carboxylic acids is 2. The molecular formula is C28H36O4. The fourth-order valence-corrected chi connectivity index (χ4v) is 4.64. The molecule has 4 nitrogen and oxygen atoms in total. The fraction of sp³-hybridized carbons (Fsp3) is 0.500. The van der Waals surface area contributed by atoms with Crippen LogP contribution in [0.4, 0.5) is 0 Å². The van der Waals surface area contributed by atoms with E-state index in [0.29, 0.717) is 22.3 Å². The van der Waals surface area contributed by atoms with Crippen LogP contribution in [0.25, 0.3) is 0 Å². The highest BCUT2D eigenvalue weighted by Gasteiger charge is 2.33. The molecule has 0 fully saturated rings. The molecule has 0 bridgehead atoms. The van der Waals surface area contributed by atoms with E-state index < -0.39 is 0 Å². The highest BCUT2D eigenvalue weighted by atomic mass is 16.3. The number of aliphatic hydroxyl groups excluding tert-OH is 2. The standard InChI is InChI=1S/C28H36O4/c1-27(2,13-5-7-15-29)19-9-11-21-23(17-19)25(31)22-12-10-20(18-24(22)26(21)32)28(3,4)14-6-8-16-30/h9-12,17-18,29-30H,5-8,13-16H2,1-4H3. The number of ketones is 2. The van der Waals surface area contributed by atoms with E-state index in [0.717, 1.165) is 49.7 Å². The van der Waals surface area contributed by atoms with Crippen LogP contribution in [0.15, 0.2) is 36.4 Å². The molecule has 172 valence electrons. The minimum absolute atomic E-state index is 0.0905. The zero-order valence-electron chi connectivity index (χ0n) is 19.8. The third-order valence-electron chi connectivity index (χ3n) is 7.00. The Kier molecular flexibility index (Phi) is 7.36. The minimum atomic E-state index is -0.143. The largest absolute Gasteiger partial charge is 0.396 e. The van der Waals surface area contributed by atoms with Crippen molar-refractivity contribution in [2.24, 2.45) is 0 Å². The third-order valence-corrected chi connectivity index (χ3v) is 7.00. The van der Waals surface area contributed by atoms with Crippen LogP contribution in [0.2, 0.25) is 0 Å². The van der Waals surface area contributed by atoms with Crippen molar-refractivity contribution in [1.29, 1.82) is 0 Å². The lowest BCUT2D eigenvalue weighted by atomic mass is 9.74. The quantitative estimate of drug-likeness (QED) is 0.421. The Morgan fingerprint density at radius 1 is 0.594 bits per heavy atom. The molecule has 0 spiro atoms. The van der Waals surface area contributed by atoms with Crippen LogP contribution < -0.4 is 0 Å². The molecule has 0 radical (unpaired) electrons. The lowest BCUT2D eigenvalue weighted by molar-refractivity contribution is 0.0978. The van der Waals surface area contributed by atoms with Gasteiger partial charge in [-0.05, 0) is 71.9 Å². The monoisotopic (exact) mass is 436 g/mol. The van der Waals surface area contributed by atoms with Gasteiger partial charge in [0.2, 0.25) is 0 Å². The van der Waals surface area contributed by atoms with Crippen LogP contribution in [0.5, 0.6) is 0 Å². The Bertz CT molecular complexity index is 919. The van der Waals surface area contributed by atoms with Gasteiger partial charge in [-0.15, -0.1) is 0 Å². The van der Waals surface area contributed by atoms with Gasteiger partial charge < -0.3 is 10.2 Å². The van der Waals surface area contributed by atoms with E-state index in [4.69, 9.17) is 10.2 Å². The van der Waals surface area contributed by atoms with Crippen LogP contribution in [0.1, 0.15) is 109 Å². The van der Waals surface area contributed by atoms with Gasteiger partial charge in [0.25, 0.3) is 0 Å². The second-order valence-electron chi connectivity index (χ2n) is 10.3. The number of hydrogen-bond donors (Lipinski definition) is 2. The predicted molar refractivity (Wildman–Crippen MR) is 128 cm³/mol. The molecule has 1 aliphatic rings. The van der Waals surface area contributed by atoms with E-state index >= 15 is 0 Å². The molecule has 0 aromatic heterocycles. The zero-order chi connectivity index (χ0) is 23.5. The van der Waals surface area contributed by atoms with E-state index in [1.165, 1.54) is 0 Å². The molecule has 2 N–H and O–H groups in total. The highest BCUT2D eigenvalue weighted by molar-refractivity contribution is 6.28. The Morgan fingerprint density at radius 2 is 0.969 bits per heavy atom. The summed E-state index contributed by atoms with van der Waals surface area (Å²) in [4.78, 5) is 26.7. The Hall–Kier alpha value is -2.30. The molecule has 0 unspecified atom stereocenters. The third kappa shape index (κ3) is 4.87. The Morgan fingerprint density at radius 3 is 1.31 bits per heavy atom. The molecule has 0 amide bonds. The smallest absolute Gasteiger partial charge is 0.194 e. The van der Waals surface area contributed by atoms with Crippen LogP contribution in [0, 0.1) is 0 Å². The molecule has 3 rings (SSSR count). The first kappa shape index (κ1) is 24.3. The Balaban J connectivity index is 1.93. The van der Waals surface area contributed by atoms with Crippen molar-refractivity contribution in [3.05, 3.63) is 69.8 Å². The molecule has 2 aromatic carbocycles. The second-order valence-corrected chi connectivity index (χ2v) is 10.3. The molecular weight excluding hydrogens is 400 g/mol. The number of rotatable bonds is 10. The van der Waals surface area contributed by atoms with Gasteiger partial charge in [-0.2, -0.15) is 0 Å². The maximum absolute atomic E-state index is 13.4. The van der Waals surface area contributed by atoms with E-state index in [1.54, 1.807) is 12.1 Å². The van der Waals surface area contributed by atoms with E-state index in [1.807, 2.05) is 24.3 Å². The highest BCUT2D eigenvalue weighted by Crippen LogP contribution is 2.36. The molecule has 32 heavy (non-hydrogen) atoms. The average Bonchev–Trinajstić information content (AvgIpc) is 2.77. The van der Waals surface area contributed by atoms with Gasteiger partial charge >= 0.3 is 0 Å². The number of benzene rings is 2. The topological polar surface area (TPSA) is 74.6 Å². The summed E-state index contributed by atoms with van der Waals surface area (Å²) in [5.74, 6) is -0.181. The number of hydrogen-bond acceptors (Lipinski definition) is 4. The predicted octanol–water partition coefficient (Wildman–Crippen LogP) is 5.34. The normalized spacial score (nSPS) is 13.8. The first-order chi connectivity index (χ1) is 15.1. The van der Waals surface area contributed by atoms with E-state index in [-0.39, 0.29) is 35.6 Å². The summed E-state index contributed by atoms with van der Waals surface area (Å²) in [6.07, 6.45) is 5.15. The number of aliphatic hydroxyl groups is 2. The molecule has 0 heterocycles. The van der Waals surface area contributed by atoms with Crippen molar-refractivity contribution < 1.29 is 19.8 Å². The van der Waals surface area contributed by atoms with Gasteiger partial charge in [0.05, 0.1) is 0 Å². The minimum Gasteiger partial charge on any atom is -0.396 e. The molecule has 2 aromatic rings. The van der Waals surface area contributed by atoms with E-state index in [9.17, 15) is 9.59 Å². The van der Waals surface area contributed by atoms with Gasteiger partial charge in [0.15, 0.2) is 11.6 Å². The Labute approximate surface area is 191 Å². The van der Waals surface area contributed by atoms with Crippen molar-refractivity contribution in [3.63, 3.8) is 0 Å². The molecule has 1 aliphatic carbocycles. The lowest BCUT2D eigenvalue weighted by Crippen LogP contribution is -2.25. The summed E-state index contributed by atoms with van der Waals surface area (Å²) in [5.41, 5.74) is 3.74. The second kappa shape index (κ2) is 9.68. The summed E-state index contributed by atoms with van der Waals surface area (Å²) in [7, 11) is 0. The summed E-state index contributed by atoms with van der Waals surface area (Å²) < 4.78 is 0. The van der Waals surface area contributed by atoms with Gasteiger partial charge in [0, 0.05) is 35.5 Å². The number of unbranched alkanes of at least 4 members (excludes halogenated alkanes) is 2. The summed E-state index contributed by atoms with van der Waals surface area (Å²) in [5, 5.41) is 18.2. The van der Waals surface area contributed by atoms with Gasteiger partial charge in [-0.3, -0.25) is 9.59 Å². The number of carbonyl (C=O) groups is 2. The van der Waals surface area contributed by atoms with Crippen molar-refractivity contribution in [2.75, 3.05) is 13.2 Å². The lowest BCUT2D eigenvalue weighted by Gasteiger charge is -2.29. The fourth-order valence-electron chi connectivity index (χ4n) is 4.64. The van der Waals surface area contributed by atoms with Crippen LogP contribution in [-0.2, 0) is 10.8 Å². The molecule has 0 saturated heterocycles. The van der Waals surface area contributed by atoms with Gasteiger partial charge in [0.1, 0.15) is 0 Å². The van der Waals surface area contributed by atoms with Crippen molar-refractivity contribution in [1.82, 2.24) is 0 Å². The average molecular weight is 437 g/mol. The molecule has 0 atom stereocenters. The summed E-state index contributed by atoms with van der Waals surface area (Å²) in [6, 6.07) is 11.3. The van der Waals surface area contributed by atoms with Gasteiger partial charge in [-0.1, -0.05) is 52.7 Å². The van der Waals surface area contributed by atoms with Crippen molar-refractivity contribution >= 4 is 11.6 Å². The molecule has 0 saturated carbocycles. The summed E-state index contributed by atoms with van der Waals surface area (Å²) in [6.45, 7) is 8.93. The maximum atomic E-state index is 13.4. The van der Waals surface area contributed by atoms with Crippen LogP contribution in [-0.4, -0.2) is 35.0 Å². The van der Waals surface area contributed by atoms with Crippen molar-refractivity contribution in [2.45, 2.75) is 77.0 Å². The number of fused-ring (bicyclic) bond motifs is 2. The summed E-state index contributed by atoms with van der Waals surface area (Å²) >= 11 is 0. The zero-order valence-corrected chi connectivity index (χ0v) is 19.8. The molecule has 0 aliphatic heterocycles. The van der Waals surface area contributed by atoms with Crippen LogP contribution in [0.3, 0.4) is 0 Å². The molecule has 4 heteroatoms. The maximum Gasteiger partial charge on any atom is 0.194 e. The first-order valence-electron chi connectivity index (χ1n) is 11.7. The van der Waals surface area contributed by atoms with Crippen molar-refractivity contribution in [3.8, 4) is 0 Å². The first-order valence-corrected chi connectivity index (χ1v) is 11.7. The van der Waals surface area contributed by atoms with E-state index in [2.05, 4.69) is 27.7 Å².